The second-order valence-corrected chi connectivity index (χ2v) is 5.37. The zero-order valence-electron chi connectivity index (χ0n) is 11.7. The Labute approximate surface area is 132 Å². The van der Waals surface area contributed by atoms with Gasteiger partial charge in [0, 0.05) is 12.5 Å². The zero-order chi connectivity index (χ0) is 14.9. The first-order valence-corrected chi connectivity index (χ1v) is 7.32. The highest BCUT2D eigenvalue weighted by Gasteiger charge is 2.16. The molecule has 110 valence electrons. The summed E-state index contributed by atoms with van der Waals surface area (Å²) in [6.45, 7) is 0.256. The largest absolute Gasteiger partial charge is 0.454 e. The Kier molecular flexibility index (Phi) is 3.16. The lowest BCUT2D eigenvalue weighted by atomic mass is 10.1. The van der Waals surface area contributed by atoms with E-state index in [2.05, 4.69) is 22.3 Å². The molecule has 2 aromatic carbocycles. The number of hydrogen-bond acceptors (Lipinski definition) is 4. The van der Waals surface area contributed by atoms with Gasteiger partial charge in [0.2, 0.25) is 6.79 Å². The van der Waals surface area contributed by atoms with Gasteiger partial charge in [-0.05, 0) is 29.9 Å². The average Bonchev–Trinajstić information content (AvgIpc) is 3.14. The van der Waals surface area contributed by atoms with Gasteiger partial charge in [0.25, 0.3) is 0 Å². The van der Waals surface area contributed by atoms with E-state index < -0.39 is 0 Å². The fourth-order valence-corrected chi connectivity index (χ4v) is 2.77. The van der Waals surface area contributed by atoms with E-state index in [9.17, 15) is 0 Å². The van der Waals surface area contributed by atoms with Gasteiger partial charge in [-0.25, -0.2) is 0 Å². The van der Waals surface area contributed by atoms with Crippen molar-refractivity contribution in [3.8, 4) is 17.2 Å². The Hall–Kier alpha value is -2.60. The molecule has 1 aliphatic heterocycles. The summed E-state index contributed by atoms with van der Waals surface area (Å²) in [5, 5.41) is 7.22. The van der Waals surface area contributed by atoms with Crippen molar-refractivity contribution < 1.29 is 9.47 Å². The summed E-state index contributed by atoms with van der Waals surface area (Å²) >= 11 is 5.37. The molecule has 3 aromatic rings. The highest BCUT2D eigenvalue weighted by atomic mass is 32.1. The highest BCUT2D eigenvalue weighted by molar-refractivity contribution is 7.71. The standard InChI is InChI=1S/C16H13N3O2S/c22-16-18-17-15(8-11-4-2-1-3-5-11)19(16)12-6-7-13-14(9-12)21-10-20-13/h1-7,9H,8,10H2,(H,18,22). The molecular formula is C16H13N3O2S. The molecule has 0 saturated carbocycles. The van der Waals surface area contributed by atoms with Gasteiger partial charge in [-0.15, -0.1) is 0 Å². The van der Waals surface area contributed by atoms with Gasteiger partial charge in [-0.2, -0.15) is 5.10 Å². The first kappa shape index (κ1) is 13.1. The van der Waals surface area contributed by atoms with Crippen molar-refractivity contribution in [2.24, 2.45) is 0 Å². The van der Waals surface area contributed by atoms with Crippen molar-refractivity contribution in [2.75, 3.05) is 6.79 Å². The maximum absolute atomic E-state index is 5.43. The molecule has 1 N–H and O–H groups in total. The Morgan fingerprint density at radius 1 is 1.09 bits per heavy atom. The molecule has 22 heavy (non-hydrogen) atoms. The molecule has 0 aliphatic carbocycles. The third kappa shape index (κ3) is 2.27. The van der Waals surface area contributed by atoms with Gasteiger partial charge in [0.15, 0.2) is 16.3 Å². The van der Waals surface area contributed by atoms with Crippen LogP contribution in [0.25, 0.3) is 5.69 Å². The molecule has 0 amide bonds. The number of hydrogen-bond donors (Lipinski definition) is 1. The summed E-state index contributed by atoms with van der Waals surface area (Å²) < 4.78 is 13.3. The molecule has 0 bridgehead atoms. The van der Waals surface area contributed by atoms with Crippen LogP contribution in [0.15, 0.2) is 48.5 Å². The van der Waals surface area contributed by atoms with Crippen LogP contribution < -0.4 is 9.47 Å². The molecule has 1 aromatic heterocycles. The minimum atomic E-state index is 0.256. The monoisotopic (exact) mass is 311 g/mol. The number of benzene rings is 2. The molecule has 5 nitrogen and oxygen atoms in total. The molecule has 1 aliphatic rings. The van der Waals surface area contributed by atoms with Crippen LogP contribution in [0.1, 0.15) is 11.4 Å². The maximum atomic E-state index is 5.43. The van der Waals surface area contributed by atoms with Gasteiger partial charge >= 0.3 is 0 Å². The second-order valence-electron chi connectivity index (χ2n) is 4.98. The minimum Gasteiger partial charge on any atom is -0.454 e. The van der Waals surface area contributed by atoms with Gasteiger partial charge < -0.3 is 9.47 Å². The Morgan fingerprint density at radius 2 is 1.91 bits per heavy atom. The first-order chi connectivity index (χ1) is 10.8. The molecule has 0 fully saturated rings. The highest BCUT2D eigenvalue weighted by Crippen LogP contribution is 2.34. The van der Waals surface area contributed by atoms with E-state index in [0.29, 0.717) is 11.2 Å². The van der Waals surface area contributed by atoms with Crippen LogP contribution in [-0.4, -0.2) is 21.6 Å². The van der Waals surface area contributed by atoms with Gasteiger partial charge in [0.1, 0.15) is 5.82 Å². The molecule has 0 spiro atoms. The van der Waals surface area contributed by atoms with Crippen molar-refractivity contribution in [1.29, 1.82) is 0 Å². The van der Waals surface area contributed by atoms with Crippen molar-refractivity contribution in [1.82, 2.24) is 14.8 Å². The number of fused-ring (bicyclic) bond motifs is 1. The van der Waals surface area contributed by atoms with Crippen molar-refractivity contribution >= 4 is 12.2 Å². The lowest BCUT2D eigenvalue weighted by Gasteiger charge is -2.08. The Bertz CT molecular complexity index is 871. The Morgan fingerprint density at radius 3 is 2.77 bits per heavy atom. The van der Waals surface area contributed by atoms with E-state index in [-0.39, 0.29) is 6.79 Å². The van der Waals surface area contributed by atoms with Gasteiger partial charge in [-0.1, -0.05) is 30.3 Å². The zero-order valence-corrected chi connectivity index (χ0v) is 12.5. The number of nitrogens with one attached hydrogen (secondary N) is 1. The number of H-pyrrole nitrogens is 1. The van der Waals surface area contributed by atoms with E-state index >= 15 is 0 Å². The molecule has 4 rings (SSSR count). The van der Waals surface area contributed by atoms with Crippen LogP contribution in [0.3, 0.4) is 0 Å². The van der Waals surface area contributed by atoms with Crippen LogP contribution in [0.4, 0.5) is 0 Å². The first-order valence-electron chi connectivity index (χ1n) is 6.91. The number of aromatic amines is 1. The molecule has 6 heteroatoms. The van der Waals surface area contributed by atoms with E-state index in [1.807, 2.05) is 41.0 Å². The van der Waals surface area contributed by atoms with Gasteiger partial charge in [-0.3, -0.25) is 9.67 Å². The van der Waals surface area contributed by atoms with E-state index in [1.54, 1.807) is 0 Å². The van der Waals surface area contributed by atoms with E-state index in [1.165, 1.54) is 5.56 Å². The average molecular weight is 311 g/mol. The summed E-state index contributed by atoms with van der Waals surface area (Å²) in [5.74, 6) is 2.34. The lowest BCUT2D eigenvalue weighted by molar-refractivity contribution is 0.174. The number of ether oxygens (including phenoxy) is 2. The molecule has 0 radical (unpaired) electrons. The minimum absolute atomic E-state index is 0.256. The number of aromatic nitrogens is 3. The van der Waals surface area contributed by atoms with Crippen LogP contribution >= 0.6 is 12.2 Å². The predicted molar refractivity (Wildman–Crippen MR) is 84.1 cm³/mol. The van der Waals surface area contributed by atoms with Crippen molar-refractivity contribution in [3.63, 3.8) is 0 Å². The quantitative estimate of drug-likeness (QED) is 0.754. The molecule has 0 atom stereocenters. The van der Waals surface area contributed by atoms with Gasteiger partial charge in [0.05, 0.1) is 5.69 Å². The molecular weight excluding hydrogens is 298 g/mol. The van der Waals surface area contributed by atoms with E-state index in [0.717, 1.165) is 23.0 Å². The van der Waals surface area contributed by atoms with Crippen molar-refractivity contribution in [2.45, 2.75) is 6.42 Å². The molecule has 2 heterocycles. The number of rotatable bonds is 3. The predicted octanol–water partition coefficient (Wildman–Crippen LogP) is 3.25. The smallest absolute Gasteiger partial charge is 0.231 e. The second kappa shape index (κ2) is 5.31. The topological polar surface area (TPSA) is 52.1 Å². The number of nitrogens with zero attached hydrogens (tertiary/aromatic N) is 2. The third-order valence-electron chi connectivity index (χ3n) is 3.56. The molecule has 0 saturated heterocycles. The van der Waals surface area contributed by atoms with Crippen LogP contribution in [-0.2, 0) is 6.42 Å². The SMILES string of the molecule is S=c1[nH]nc(Cc2ccccc2)n1-c1ccc2c(c1)OCO2. The van der Waals surface area contributed by atoms with Crippen LogP contribution in [0, 0.1) is 4.77 Å². The van der Waals surface area contributed by atoms with Crippen LogP contribution in [0.2, 0.25) is 0 Å². The summed E-state index contributed by atoms with van der Waals surface area (Å²) in [6.07, 6.45) is 0.697. The van der Waals surface area contributed by atoms with E-state index in [4.69, 9.17) is 21.7 Å². The van der Waals surface area contributed by atoms with Crippen LogP contribution in [0.5, 0.6) is 11.5 Å². The lowest BCUT2D eigenvalue weighted by Crippen LogP contribution is -2.02. The summed E-state index contributed by atoms with van der Waals surface area (Å²) in [7, 11) is 0. The fraction of sp³-hybridized carbons (Fsp3) is 0.125. The fourth-order valence-electron chi connectivity index (χ4n) is 2.52. The summed E-state index contributed by atoms with van der Waals surface area (Å²) in [6, 6.07) is 15.9. The third-order valence-corrected chi connectivity index (χ3v) is 3.84. The van der Waals surface area contributed by atoms with Crippen molar-refractivity contribution in [3.05, 3.63) is 64.7 Å². The summed E-state index contributed by atoms with van der Waals surface area (Å²) in [4.78, 5) is 0. The maximum Gasteiger partial charge on any atom is 0.231 e. The Balaban J connectivity index is 1.76. The molecule has 0 unspecified atom stereocenters. The summed E-state index contributed by atoms with van der Waals surface area (Å²) in [5.41, 5.74) is 2.09. The normalized spacial score (nSPS) is 12.5.